The predicted octanol–water partition coefficient (Wildman–Crippen LogP) is -2.59. The first-order valence-corrected chi connectivity index (χ1v) is 6.34. The summed E-state index contributed by atoms with van der Waals surface area (Å²) in [5, 5.41) is 17.6. The first kappa shape index (κ1) is 15.8. The van der Waals surface area contributed by atoms with Crippen LogP contribution in [0.15, 0.2) is 0 Å². The van der Waals surface area contributed by atoms with Crippen LogP contribution in [0.25, 0.3) is 0 Å². The molecule has 0 heterocycles. The molecule has 0 radical (unpaired) electrons. The summed E-state index contributed by atoms with van der Waals surface area (Å²) >= 11 is 0. The molecule has 11 nitrogen and oxygen atoms in total. The van der Waals surface area contributed by atoms with Crippen LogP contribution >= 0.6 is 15.6 Å². The van der Waals surface area contributed by atoms with Crippen LogP contribution in [0.5, 0.6) is 0 Å². The molecule has 0 rings (SSSR count). The van der Waals surface area contributed by atoms with E-state index in [1.165, 1.54) is 0 Å². The summed E-state index contributed by atoms with van der Waals surface area (Å²) in [7, 11) is -10.7. The maximum Gasteiger partial charge on any atom is 0.474 e. The summed E-state index contributed by atoms with van der Waals surface area (Å²) < 4.78 is 27.3. The number of rotatable bonds is 6. The molecule has 13 heteroatoms. The summed E-state index contributed by atoms with van der Waals surface area (Å²) in [6.45, 7) is 0. The van der Waals surface area contributed by atoms with Gasteiger partial charge in [-0.2, -0.15) is 0 Å². The van der Waals surface area contributed by atoms with Gasteiger partial charge in [-0.3, -0.25) is 4.52 Å². The molecule has 1 unspecified atom stereocenters. The van der Waals surface area contributed by atoms with Gasteiger partial charge in [-0.25, -0.2) is 13.7 Å². The zero-order chi connectivity index (χ0) is 13.2. The maximum atomic E-state index is 10.3. The summed E-state index contributed by atoms with van der Waals surface area (Å²) in [6.07, 6.45) is -3.23. The first-order valence-electron chi connectivity index (χ1n) is 3.28. The van der Waals surface area contributed by atoms with E-state index in [0.29, 0.717) is 0 Å². The van der Waals surface area contributed by atoms with Gasteiger partial charge in [-0.05, 0) is 0 Å². The quantitative estimate of drug-likeness (QED) is 0.170. The minimum Gasteiger partial charge on any atom is -0.341 e. The Kier molecular flexibility index (Phi) is 4.92. The lowest BCUT2D eigenvalue weighted by Gasteiger charge is -2.26. The predicted molar refractivity (Wildman–Crippen MR) is 43.3 cm³/mol. The standard InChI is InChI=1S/C3H8O11P2/c4-1-2(13-15(7,8)9)3(5,6)14-16(10,11)12/h1-2,5-6H,(H2,7,8,9)(H2,10,11,12). The van der Waals surface area contributed by atoms with E-state index in [-0.39, 0.29) is 0 Å². The summed E-state index contributed by atoms with van der Waals surface area (Å²) in [6, 6.07) is 0. The Morgan fingerprint density at radius 3 is 1.75 bits per heavy atom. The van der Waals surface area contributed by atoms with Crippen LogP contribution in [0.1, 0.15) is 0 Å². The second-order valence-corrected chi connectivity index (χ2v) is 4.75. The van der Waals surface area contributed by atoms with Crippen LogP contribution in [-0.4, -0.2) is 48.1 Å². The van der Waals surface area contributed by atoms with Crippen molar-refractivity contribution in [3.8, 4) is 0 Å². The number of aldehydes is 1. The second kappa shape index (κ2) is 4.98. The Morgan fingerprint density at radius 1 is 1.06 bits per heavy atom. The molecule has 16 heavy (non-hydrogen) atoms. The molecule has 0 aliphatic carbocycles. The van der Waals surface area contributed by atoms with Gasteiger partial charge in [0.2, 0.25) is 6.10 Å². The lowest BCUT2D eigenvalue weighted by Crippen LogP contribution is -2.46. The SMILES string of the molecule is O=CC(OP(=O)(O)O)C(O)(O)OP(=O)(O)O. The van der Waals surface area contributed by atoms with Crippen LogP contribution < -0.4 is 0 Å². The number of phosphoric acid groups is 2. The van der Waals surface area contributed by atoms with Crippen molar-refractivity contribution in [2.45, 2.75) is 12.1 Å². The molecule has 0 saturated heterocycles. The van der Waals surface area contributed by atoms with E-state index in [9.17, 15) is 13.9 Å². The van der Waals surface area contributed by atoms with Crippen molar-refractivity contribution in [1.82, 2.24) is 0 Å². The second-order valence-electron chi connectivity index (χ2n) is 2.39. The fourth-order valence-electron chi connectivity index (χ4n) is 0.557. The van der Waals surface area contributed by atoms with E-state index in [1.54, 1.807) is 0 Å². The van der Waals surface area contributed by atoms with Crippen molar-refractivity contribution < 1.29 is 52.8 Å². The average Bonchev–Trinajstić information content (AvgIpc) is 1.93. The molecule has 0 aromatic heterocycles. The van der Waals surface area contributed by atoms with Crippen LogP contribution in [0.2, 0.25) is 0 Å². The van der Waals surface area contributed by atoms with Gasteiger partial charge in [0, 0.05) is 0 Å². The molecular formula is C3H8O11P2. The highest BCUT2D eigenvalue weighted by Gasteiger charge is 2.46. The molecule has 0 aromatic rings. The zero-order valence-corrected chi connectivity index (χ0v) is 9.06. The number of phosphoric ester groups is 2. The fourth-order valence-corrected chi connectivity index (χ4v) is 1.49. The first-order chi connectivity index (χ1) is 6.87. The highest BCUT2D eigenvalue weighted by Crippen LogP contribution is 2.44. The molecule has 96 valence electrons. The van der Waals surface area contributed by atoms with Gasteiger partial charge in [-0.1, -0.05) is 0 Å². The Labute approximate surface area is 87.7 Å². The highest BCUT2D eigenvalue weighted by atomic mass is 31.2. The summed E-state index contributed by atoms with van der Waals surface area (Å²) in [5.41, 5.74) is 0. The third-order valence-electron chi connectivity index (χ3n) is 0.998. The number of hydrogen-bond acceptors (Lipinski definition) is 7. The van der Waals surface area contributed by atoms with Crippen molar-refractivity contribution in [1.29, 1.82) is 0 Å². The van der Waals surface area contributed by atoms with Crippen molar-refractivity contribution in [2.75, 3.05) is 0 Å². The highest BCUT2D eigenvalue weighted by molar-refractivity contribution is 7.46. The van der Waals surface area contributed by atoms with E-state index in [2.05, 4.69) is 9.05 Å². The van der Waals surface area contributed by atoms with E-state index in [0.717, 1.165) is 0 Å². The van der Waals surface area contributed by atoms with Crippen LogP contribution in [0.3, 0.4) is 0 Å². The van der Waals surface area contributed by atoms with Crippen LogP contribution in [0.4, 0.5) is 0 Å². The van der Waals surface area contributed by atoms with Crippen molar-refractivity contribution in [3.63, 3.8) is 0 Å². The molecule has 0 aliphatic heterocycles. The van der Waals surface area contributed by atoms with Gasteiger partial charge in [0.05, 0.1) is 0 Å². The van der Waals surface area contributed by atoms with Crippen LogP contribution in [0, 0.1) is 0 Å². The normalized spacial score (nSPS) is 15.9. The Hall–Kier alpha value is -0.190. The maximum absolute atomic E-state index is 10.3. The molecule has 0 amide bonds. The minimum absolute atomic E-state index is 0.519. The molecule has 0 bridgehead atoms. The van der Waals surface area contributed by atoms with Gasteiger partial charge < -0.3 is 34.6 Å². The monoisotopic (exact) mass is 282 g/mol. The number of aliphatic hydroxyl groups is 2. The topological polar surface area (TPSA) is 191 Å². The molecule has 0 saturated carbocycles. The third kappa shape index (κ3) is 6.40. The van der Waals surface area contributed by atoms with Crippen molar-refractivity contribution in [2.24, 2.45) is 0 Å². The summed E-state index contributed by atoms with van der Waals surface area (Å²) in [5.74, 6) is -3.89. The molecule has 0 spiro atoms. The molecule has 0 aromatic carbocycles. The molecule has 1 atom stereocenters. The van der Waals surface area contributed by atoms with E-state index in [4.69, 9.17) is 29.8 Å². The van der Waals surface area contributed by atoms with Gasteiger partial charge in [0.1, 0.15) is 0 Å². The zero-order valence-electron chi connectivity index (χ0n) is 7.27. The molecule has 6 N–H and O–H groups in total. The number of hydrogen-bond donors (Lipinski definition) is 6. The van der Waals surface area contributed by atoms with E-state index >= 15 is 0 Å². The van der Waals surface area contributed by atoms with Crippen LogP contribution in [-0.2, 0) is 23.0 Å². The fraction of sp³-hybridized carbons (Fsp3) is 0.667. The Balaban J connectivity index is 4.88. The van der Waals surface area contributed by atoms with Gasteiger partial charge in [0.15, 0.2) is 6.29 Å². The summed E-state index contributed by atoms with van der Waals surface area (Å²) in [4.78, 5) is 43.1. The van der Waals surface area contributed by atoms with Crippen molar-refractivity contribution in [3.05, 3.63) is 0 Å². The van der Waals surface area contributed by atoms with E-state index < -0.39 is 34.0 Å². The Morgan fingerprint density at radius 2 is 1.50 bits per heavy atom. The minimum atomic E-state index is -5.41. The lowest BCUT2D eigenvalue weighted by molar-refractivity contribution is -0.328. The largest absolute Gasteiger partial charge is 0.474 e. The number of carbonyl (C=O) groups excluding carboxylic acids is 1. The average molecular weight is 282 g/mol. The van der Waals surface area contributed by atoms with Crippen molar-refractivity contribution >= 4 is 21.9 Å². The smallest absolute Gasteiger partial charge is 0.341 e. The van der Waals surface area contributed by atoms with E-state index in [1.807, 2.05) is 0 Å². The third-order valence-corrected chi connectivity index (χ3v) is 2.01. The molecular weight excluding hydrogens is 274 g/mol. The number of carbonyl (C=O) groups is 1. The molecule has 0 fully saturated rings. The molecule has 0 aliphatic rings. The lowest BCUT2D eigenvalue weighted by atomic mass is 10.3. The van der Waals surface area contributed by atoms with Gasteiger partial charge in [0.25, 0.3) is 0 Å². The van der Waals surface area contributed by atoms with Gasteiger partial charge in [-0.15, -0.1) is 0 Å². The Bertz CT molecular complexity index is 335. The van der Waals surface area contributed by atoms with Gasteiger partial charge >= 0.3 is 21.6 Å².